The van der Waals surface area contributed by atoms with Crippen molar-refractivity contribution in [2.45, 2.75) is 24.7 Å². The first-order valence-corrected chi connectivity index (χ1v) is 9.88. The minimum absolute atomic E-state index is 0.0605. The number of pyridine rings is 1. The third kappa shape index (κ3) is 3.94. The van der Waals surface area contributed by atoms with Crippen LogP contribution in [0.1, 0.15) is 19.8 Å². The van der Waals surface area contributed by atoms with Gasteiger partial charge in [0.15, 0.2) is 5.13 Å². The Morgan fingerprint density at radius 2 is 2.08 bits per heavy atom. The van der Waals surface area contributed by atoms with Gasteiger partial charge in [-0.25, -0.2) is 8.42 Å². The molecule has 0 atom stereocenters. The highest BCUT2D eigenvalue weighted by Crippen LogP contribution is 2.26. The Morgan fingerprint density at radius 1 is 1.28 bits per heavy atom. The molecule has 25 heavy (non-hydrogen) atoms. The van der Waals surface area contributed by atoms with E-state index in [-0.39, 0.29) is 22.3 Å². The van der Waals surface area contributed by atoms with Gasteiger partial charge in [-0.15, -0.1) is 11.3 Å². The molecule has 2 aromatic heterocycles. The number of anilines is 1. The highest BCUT2D eigenvalue weighted by atomic mass is 32.2. The number of sulfonamides is 1. The maximum atomic E-state index is 12.7. The van der Waals surface area contributed by atoms with Gasteiger partial charge in [-0.3, -0.25) is 14.5 Å². The summed E-state index contributed by atoms with van der Waals surface area (Å²) >= 11 is 1.04. The molecule has 0 amide bonds. The highest BCUT2D eigenvalue weighted by Gasteiger charge is 2.20. The van der Waals surface area contributed by atoms with Crippen LogP contribution in [0.5, 0.6) is 5.88 Å². The molecule has 0 bridgehead atoms. The molecule has 0 fully saturated rings. The van der Waals surface area contributed by atoms with Gasteiger partial charge < -0.3 is 4.74 Å². The number of ether oxygens (including phenoxy) is 1. The van der Waals surface area contributed by atoms with E-state index in [1.165, 1.54) is 17.6 Å². The number of benzene rings is 1. The molecule has 0 radical (unpaired) electrons. The first-order valence-electron chi connectivity index (χ1n) is 7.52. The molecule has 130 valence electrons. The number of carbonyl (C=O) groups is 1. The predicted molar refractivity (Wildman–Crippen MR) is 95.2 cm³/mol. The number of nitrogens with zero attached hydrogens (tertiary/aromatic N) is 2. The number of aromatic nitrogens is 2. The van der Waals surface area contributed by atoms with Crippen LogP contribution >= 0.6 is 11.3 Å². The number of carbonyl (C=O) groups excluding carboxylic acids is 1. The van der Waals surface area contributed by atoms with Crippen LogP contribution in [0.3, 0.4) is 0 Å². The zero-order valence-corrected chi connectivity index (χ0v) is 14.9. The normalized spacial score (nSPS) is 11.4. The monoisotopic (exact) mass is 377 g/mol. The van der Waals surface area contributed by atoms with Crippen LogP contribution in [0.15, 0.2) is 46.8 Å². The van der Waals surface area contributed by atoms with Gasteiger partial charge >= 0.3 is 5.97 Å². The van der Waals surface area contributed by atoms with E-state index < -0.39 is 16.0 Å². The number of nitrogens with one attached hydrogen (secondary N) is 1. The number of esters is 1. The molecular formula is C16H15N3O4S2. The van der Waals surface area contributed by atoms with E-state index in [2.05, 4.69) is 14.7 Å². The average molecular weight is 377 g/mol. The first kappa shape index (κ1) is 17.3. The summed E-state index contributed by atoms with van der Waals surface area (Å²) in [4.78, 5) is 19.7. The lowest BCUT2D eigenvalue weighted by Gasteiger charge is -2.07. The average Bonchev–Trinajstić information content (AvgIpc) is 3.00. The Kier molecular flexibility index (Phi) is 4.95. The molecule has 0 aliphatic heterocycles. The van der Waals surface area contributed by atoms with Crippen LogP contribution in [0, 0.1) is 0 Å². The topological polar surface area (TPSA) is 98.2 Å². The molecule has 0 aliphatic rings. The molecule has 0 spiro atoms. The molecule has 2 heterocycles. The Labute approximate surface area is 148 Å². The minimum atomic E-state index is -3.87. The SMILES string of the molecule is CCCC(=O)Oc1csc(NS(=O)(=O)c2cccc3cccnc23)n1. The Morgan fingerprint density at radius 3 is 2.88 bits per heavy atom. The third-order valence-corrected chi connectivity index (χ3v) is 5.50. The lowest BCUT2D eigenvalue weighted by atomic mass is 10.2. The van der Waals surface area contributed by atoms with E-state index in [0.29, 0.717) is 11.9 Å². The molecule has 0 aliphatic carbocycles. The highest BCUT2D eigenvalue weighted by molar-refractivity contribution is 7.93. The molecule has 7 nitrogen and oxygen atoms in total. The van der Waals surface area contributed by atoms with Crippen molar-refractivity contribution in [1.82, 2.24) is 9.97 Å². The number of hydrogen-bond donors (Lipinski definition) is 1. The van der Waals surface area contributed by atoms with E-state index in [1.54, 1.807) is 24.3 Å². The summed E-state index contributed by atoms with van der Waals surface area (Å²) in [6.07, 6.45) is 2.48. The fraction of sp³-hybridized carbons (Fsp3) is 0.188. The van der Waals surface area contributed by atoms with Crippen LogP contribution < -0.4 is 9.46 Å². The summed E-state index contributed by atoms with van der Waals surface area (Å²) in [6, 6.07) is 8.45. The van der Waals surface area contributed by atoms with Crippen molar-refractivity contribution in [3.63, 3.8) is 0 Å². The zero-order valence-electron chi connectivity index (χ0n) is 13.3. The summed E-state index contributed by atoms with van der Waals surface area (Å²) in [5.74, 6) is -0.322. The predicted octanol–water partition coefficient (Wildman–Crippen LogP) is 3.20. The number of para-hydroxylation sites is 1. The molecule has 0 saturated heterocycles. The summed E-state index contributed by atoms with van der Waals surface area (Å²) in [7, 11) is -3.87. The molecule has 9 heteroatoms. The van der Waals surface area contributed by atoms with Crippen LogP contribution in [-0.2, 0) is 14.8 Å². The zero-order chi connectivity index (χ0) is 17.9. The van der Waals surface area contributed by atoms with Crippen molar-refractivity contribution in [2.24, 2.45) is 0 Å². The van der Waals surface area contributed by atoms with Gasteiger partial charge in [-0.05, 0) is 18.6 Å². The van der Waals surface area contributed by atoms with E-state index >= 15 is 0 Å². The maximum absolute atomic E-state index is 12.7. The van der Waals surface area contributed by atoms with Crippen LogP contribution in [0.4, 0.5) is 5.13 Å². The quantitative estimate of drug-likeness (QED) is 0.663. The number of thiazole rings is 1. The molecule has 1 N–H and O–H groups in total. The van der Waals surface area contributed by atoms with Crippen molar-refractivity contribution < 1.29 is 17.9 Å². The van der Waals surface area contributed by atoms with E-state index in [4.69, 9.17) is 4.74 Å². The van der Waals surface area contributed by atoms with E-state index in [0.717, 1.165) is 16.7 Å². The van der Waals surface area contributed by atoms with Gasteiger partial charge in [0.25, 0.3) is 10.0 Å². The van der Waals surface area contributed by atoms with Gasteiger partial charge in [0.2, 0.25) is 5.88 Å². The fourth-order valence-corrected chi connectivity index (χ4v) is 4.23. The summed E-state index contributed by atoms with van der Waals surface area (Å²) < 4.78 is 32.8. The van der Waals surface area contributed by atoms with Gasteiger partial charge in [-0.1, -0.05) is 25.1 Å². The number of rotatable bonds is 6. The fourth-order valence-electron chi connectivity index (χ4n) is 2.19. The van der Waals surface area contributed by atoms with E-state index in [1.807, 2.05) is 6.92 Å². The summed E-state index contributed by atoms with van der Waals surface area (Å²) in [5.41, 5.74) is 0.378. The second-order valence-electron chi connectivity index (χ2n) is 5.15. The third-order valence-electron chi connectivity index (χ3n) is 3.26. The second-order valence-corrected chi connectivity index (χ2v) is 7.66. The number of hydrogen-bond acceptors (Lipinski definition) is 7. The molecule has 3 aromatic rings. The molecule has 0 saturated carbocycles. The Bertz CT molecular complexity index is 1010. The van der Waals surface area contributed by atoms with Crippen molar-refractivity contribution in [2.75, 3.05) is 4.72 Å². The van der Waals surface area contributed by atoms with E-state index in [9.17, 15) is 13.2 Å². The van der Waals surface area contributed by atoms with Gasteiger partial charge in [0.05, 0.1) is 10.9 Å². The first-order chi connectivity index (χ1) is 12.0. The maximum Gasteiger partial charge on any atom is 0.312 e. The molecule has 3 rings (SSSR count). The largest absolute Gasteiger partial charge is 0.406 e. The standard InChI is InChI=1S/C16H15N3O4S2/c1-2-5-14(20)23-13-10-24-16(18-13)19-25(21,22)12-8-3-6-11-7-4-9-17-15(11)12/h3-4,6-10H,2,5H2,1H3,(H,18,19). The molecular weight excluding hydrogens is 362 g/mol. The summed E-state index contributed by atoms with van der Waals surface area (Å²) in [6.45, 7) is 1.86. The van der Waals surface area contributed by atoms with Gasteiger partial charge in [0.1, 0.15) is 4.90 Å². The molecule has 1 aromatic carbocycles. The van der Waals surface area contributed by atoms with Gasteiger partial charge in [-0.2, -0.15) is 4.98 Å². The van der Waals surface area contributed by atoms with Gasteiger partial charge in [0, 0.05) is 18.0 Å². The number of fused-ring (bicyclic) bond motifs is 1. The van der Waals surface area contributed by atoms with Crippen molar-refractivity contribution in [1.29, 1.82) is 0 Å². The van der Waals surface area contributed by atoms with Crippen molar-refractivity contribution >= 4 is 43.4 Å². The molecule has 0 unspecified atom stereocenters. The van der Waals surface area contributed by atoms with Crippen LogP contribution in [0.25, 0.3) is 10.9 Å². The van der Waals surface area contributed by atoms with Crippen molar-refractivity contribution in [3.8, 4) is 5.88 Å². The van der Waals surface area contributed by atoms with Crippen molar-refractivity contribution in [3.05, 3.63) is 41.9 Å². The lowest BCUT2D eigenvalue weighted by molar-refractivity contribution is -0.134. The minimum Gasteiger partial charge on any atom is -0.406 e. The Hall–Kier alpha value is -2.52. The Balaban J connectivity index is 1.84. The summed E-state index contributed by atoms with van der Waals surface area (Å²) in [5, 5.41) is 2.32. The van der Waals surface area contributed by atoms with Crippen LogP contribution in [-0.4, -0.2) is 24.4 Å². The van der Waals surface area contributed by atoms with Crippen LogP contribution in [0.2, 0.25) is 0 Å². The second kappa shape index (κ2) is 7.16. The lowest BCUT2D eigenvalue weighted by Crippen LogP contribution is -2.14. The smallest absolute Gasteiger partial charge is 0.312 e.